The Bertz CT molecular complexity index is 545. The number of nitrogens with zero attached hydrogens (tertiary/aromatic N) is 1. The molecule has 5 nitrogen and oxygen atoms in total. The summed E-state index contributed by atoms with van der Waals surface area (Å²) in [5, 5.41) is 18.2. The Balaban J connectivity index is 2.51. The van der Waals surface area contributed by atoms with Crippen LogP contribution >= 0.6 is 0 Å². The summed E-state index contributed by atoms with van der Waals surface area (Å²) in [4.78, 5) is 14.9. The molecule has 2 N–H and O–H groups in total. The predicted octanol–water partition coefficient (Wildman–Crippen LogP) is 2.05. The van der Waals surface area contributed by atoms with Gasteiger partial charge < -0.3 is 14.6 Å². The van der Waals surface area contributed by atoms with Crippen LogP contribution < -0.4 is 0 Å². The van der Waals surface area contributed by atoms with Crippen molar-refractivity contribution in [2.24, 2.45) is 0 Å². The van der Waals surface area contributed by atoms with Crippen LogP contribution in [0.1, 0.15) is 16.2 Å². The first-order valence-corrected chi connectivity index (χ1v) is 4.57. The summed E-state index contributed by atoms with van der Waals surface area (Å²) in [5.41, 5.74) is 0.977. The number of carbonyl (C=O) groups is 1. The lowest BCUT2D eigenvalue weighted by Gasteiger charge is -2.01. The van der Waals surface area contributed by atoms with Crippen molar-refractivity contribution < 1.29 is 19.4 Å². The van der Waals surface area contributed by atoms with E-state index < -0.39 is 5.97 Å². The molecule has 0 aliphatic rings. The minimum atomic E-state index is -1.18. The van der Waals surface area contributed by atoms with Gasteiger partial charge in [-0.3, -0.25) is 0 Å². The van der Waals surface area contributed by atoms with Crippen LogP contribution in [0, 0.1) is 6.92 Å². The lowest BCUT2D eigenvalue weighted by Crippen LogP contribution is -1.97. The number of carboxylic acid groups (broad SMARTS) is 1. The quantitative estimate of drug-likeness (QED) is 0.807. The zero-order valence-corrected chi connectivity index (χ0v) is 8.47. The molecule has 0 aliphatic carbocycles. The van der Waals surface area contributed by atoms with Crippen LogP contribution in [0.25, 0.3) is 11.3 Å². The van der Waals surface area contributed by atoms with E-state index in [4.69, 9.17) is 9.52 Å². The van der Waals surface area contributed by atoms with Gasteiger partial charge in [-0.15, -0.1) is 0 Å². The highest BCUT2D eigenvalue weighted by atomic mass is 16.4. The lowest BCUT2D eigenvalue weighted by atomic mass is 10.1. The molecule has 5 heteroatoms. The largest absolute Gasteiger partial charge is 0.507 e. The standard InChI is InChI=1S/C11H9NO4/c1-6-12-9(5-16-6)7-2-3-10(13)8(4-7)11(14)15/h2-5,13H,1H3,(H,14,15). The molecular weight excluding hydrogens is 210 g/mol. The van der Waals surface area contributed by atoms with Crippen molar-refractivity contribution in [3.63, 3.8) is 0 Å². The monoisotopic (exact) mass is 219 g/mol. The smallest absolute Gasteiger partial charge is 0.339 e. The predicted molar refractivity (Wildman–Crippen MR) is 55.3 cm³/mol. The van der Waals surface area contributed by atoms with E-state index in [0.717, 1.165) is 0 Å². The number of aromatic hydroxyl groups is 1. The maximum absolute atomic E-state index is 10.8. The van der Waals surface area contributed by atoms with Crippen LogP contribution in [0.5, 0.6) is 5.75 Å². The Kier molecular flexibility index (Phi) is 2.36. The maximum Gasteiger partial charge on any atom is 0.339 e. The molecule has 1 heterocycles. The highest BCUT2D eigenvalue weighted by molar-refractivity contribution is 5.92. The molecule has 0 saturated heterocycles. The van der Waals surface area contributed by atoms with Crippen LogP contribution in [0.2, 0.25) is 0 Å². The number of oxazole rings is 1. The summed E-state index contributed by atoms with van der Waals surface area (Å²) >= 11 is 0. The number of aromatic carboxylic acids is 1. The molecule has 0 spiro atoms. The molecule has 0 radical (unpaired) electrons. The Morgan fingerprint density at radius 3 is 2.75 bits per heavy atom. The summed E-state index contributed by atoms with van der Waals surface area (Å²) in [6, 6.07) is 4.26. The average Bonchev–Trinajstić information content (AvgIpc) is 2.65. The fourth-order valence-corrected chi connectivity index (χ4v) is 1.36. The number of rotatable bonds is 2. The van der Waals surface area contributed by atoms with Crippen LogP contribution in [0.4, 0.5) is 0 Å². The Labute approximate surface area is 91.0 Å². The molecule has 0 unspecified atom stereocenters. The van der Waals surface area contributed by atoms with Gasteiger partial charge in [0.2, 0.25) is 0 Å². The zero-order chi connectivity index (χ0) is 11.7. The number of hydrogen-bond donors (Lipinski definition) is 2. The van der Waals surface area contributed by atoms with E-state index in [2.05, 4.69) is 4.98 Å². The Morgan fingerprint density at radius 1 is 1.44 bits per heavy atom. The number of phenols is 1. The van der Waals surface area contributed by atoms with Gasteiger partial charge in [0, 0.05) is 12.5 Å². The number of aryl methyl sites for hydroxylation is 1. The van der Waals surface area contributed by atoms with E-state index in [-0.39, 0.29) is 11.3 Å². The molecule has 0 saturated carbocycles. The molecule has 0 bridgehead atoms. The van der Waals surface area contributed by atoms with Gasteiger partial charge in [-0.2, -0.15) is 0 Å². The lowest BCUT2D eigenvalue weighted by molar-refractivity contribution is 0.0694. The van der Waals surface area contributed by atoms with Gasteiger partial charge in [-0.25, -0.2) is 9.78 Å². The van der Waals surface area contributed by atoms with Gasteiger partial charge in [-0.1, -0.05) is 0 Å². The molecule has 0 fully saturated rings. The molecule has 82 valence electrons. The number of carboxylic acids is 1. The van der Waals surface area contributed by atoms with Crippen molar-refractivity contribution in [2.45, 2.75) is 6.92 Å². The molecule has 2 aromatic rings. The summed E-state index contributed by atoms with van der Waals surface area (Å²) in [5.74, 6) is -0.948. The fourth-order valence-electron chi connectivity index (χ4n) is 1.36. The summed E-state index contributed by atoms with van der Waals surface area (Å²) < 4.78 is 5.03. The minimum Gasteiger partial charge on any atom is -0.507 e. The minimum absolute atomic E-state index is 0.154. The van der Waals surface area contributed by atoms with Gasteiger partial charge >= 0.3 is 5.97 Å². The number of benzene rings is 1. The van der Waals surface area contributed by atoms with E-state index in [1.165, 1.54) is 18.4 Å². The van der Waals surface area contributed by atoms with Crippen LogP contribution in [-0.4, -0.2) is 21.2 Å². The first kappa shape index (κ1) is 10.2. The second-order valence-electron chi connectivity index (χ2n) is 3.29. The zero-order valence-electron chi connectivity index (χ0n) is 8.47. The highest BCUT2D eigenvalue weighted by Gasteiger charge is 2.12. The fraction of sp³-hybridized carbons (Fsp3) is 0.0909. The third-order valence-corrected chi connectivity index (χ3v) is 2.14. The highest BCUT2D eigenvalue weighted by Crippen LogP contribution is 2.25. The number of hydrogen-bond acceptors (Lipinski definition) is 4. The van der Waals surface area contributed by atoms with Crippen molar-refractivity contribution in [1.29, 1.82) is 0 Å². The second-order valence-corrected chi connectivity index (χ2v) is 3.29. The number of aromatic nitrogens is 1. The third kappa shape index (κ3) is 1.75. The van der Waals surface area contributed by atoms with Gasteiger partial charge in [-0.05, 0) is 18.2 Å². The first-order chi connectivity index (χ1) is 7.58. The summed E-state index contributed by atoms with van der Waals surface area (Å²) in [7, 11) is 0. The molecule has 0 atom stereocenters. The van der Waals surface area contributed by atoms with Crippen LogP contribution in [0.3, 0.4) is 0 Å². The van der Waals surface area contributed by atoms with Crippen molar-refractivity contribution >= 4 is 5.97 Å². The molecule has 16 heavy (non-hydrogen) atoms. The van der Waals surface area contributed by atoms with E-state index >= 15 is 0 Å². The van der Waals surface area contributed by atoms with Gasteiger partial charge in [0.15, 0.2) is 5.89 Å². The molecular formula is C11H9NO4. The molecule has 0 aliphatic heterocycles. The van der Waals surface area contributed by atoms with Gasteiger partial charge in [0.25, 0.3) is 0 Å². The van der Waals surface area contributed by atoms with Crippen molar-refractivity contribution in [3.05, 3.63) is 35.9 Å². The molecule has 2 rings (SSSR count). The SMILES string of the molecule is Cc1nc(-c2ccc(O)c(C(=O)O)c2)co1. The van der Waals surface area contributed by atoms with E-state index in [0.29, 0.717) is 17.1 Å². The van der Waals surface area contributed by atoms with Crippen molar-refractivity contribution in [3.8, 4) is 17.0 Å². The van der Waals surface area contributed by atoms with Crippen LogP contribution in [0.15, 0.2) is 28.9 Å². The first-order valence-electron chi connectivity index (χ1n) is 4.57. The summed E-state index contributed by atoms with van der Waals surface area (Å²) in [6.07, 6.45) is 1.44. The average molecular weight is 219 g/mol. The molecule has 0 amide bonds. The topological polar surface area (TPSA) is 83.6 Å². The maximum atomic E-state index is 10.8. The molecule has 1 aromatic carbocycles. The summed E-state index contributed by atoms with van der Waals surface area (Å²) in [6.45, 7) is 1.70. The van der Waals surface area contributed by atoms with E-state index in [1.807, 2.05) is 0 Å². The third-order valence-electron chi connectivity index (χ3n) is 2.14. The van der Waals surface area contributed by atoms with Gasteiger partial charge in [0.05, 0.1) is 0 Å². The second kappa shape index (κ2) is 3.69. The Hall–Kier alpha value is -2.30. The van der Waals surface area contributed by atoms with Crippen molar-refractivity contribution in [1.82, 2.24) is 4.98 Å². The van der Waals surface area contributed by atoms with Crippen LogP contribution in [-0.2, 0) is 0 Å². The van der Waals surface area contributed by atoms with Crippen molar-refractivity contribution in [2.75, 3.05) is 0 Å². The van der Waals surface area contributed by atoms with E-state index in [1.54, 1.807) is 13.0 Å². The van der Waals surface area contributed by atoms with Gasteiger partial charge in [0.1, 0.15) is 23.3 Å². The van der Waals surface area contributed by atoms with E-state index in [9.17, 15) is 9.90 Å². The molecule has 1 aromatic heterocycles. The Morgan fingerprint density at radius 2 is 2.19 bits per heavy atom. The normalized spacial score (nSPS) is 10.3.